The minimum atomic E-state index is -4.50. The van der Waals surface area contributed by atoms with Crippen molar-refractivity contribution in [2.75, 3.05) is 7.11 Å². The third kappa shape index (κ3) is 7.53. The fourth-order valence-corrected chi connectivity index (χ4v) is 4.75. The molecule has 3 aromatic carbocycles. The normalized spacial score (nSPS) is 13.0. The number of nitrogens with one attached hydrogen (secondary N) is 2. The van der Waals surface area contributed by atoms with Gasteiger partial charge in [0.05, 0.1) is 12.7 Å². The highest BCUT2D eigenvalue weighted by molar-refractivity contribution is 5.90. The molecule has 4 rings (SSSR count). The first-order valence-electron chi connectivity index (χ1n) is 12.9. The lowest BCUT2D eigenvalue weighted by Gasteiger charge is -2.18. The third-order valence-corrected chi connectivity index (χ3v) is 6.92. The summed E-state index contributed by atoms with van der Waals surface area (Å²) in [5, 5.41) is 12.8. The molecule has 0 aliphatic rings. The van der Waals surface area contributed by atoms with E-state index in [1.54, 1.807) is 48.7 Å². The topological polar surface area (TPSA) is 108 Å². The number of aromatic nitrogens is 1. The smallest absolute Gasteiger partial charge is 0.416 e. The standard InChI is InChI=1S/C31H29F3N2O5/c1-41-23-12-13-27-25(17-23)26(18-35-27)24(20-7-9-21(10-8-20)31(32,33)34)16-22(37)11-14-29(38)36-28(30(39)40)15-19-5-3-2-4-6-19/h2-10,12-13,17-18,24,28,35H,11,14-16H2,1H3,(H,36,38)(H,39,40)/t24?,28-/m0/s1. The van der Waals surface area contributed by atoms with Crippen molar-refractivity contribution in [2.45, 2.75) is 43.8 Å². The highest BCUT2D eigenvalue weighted by atomic mass is 19.4. The molecule has 0 radical (unpaired) electrons. The van der Waals surface area contributed by atoms with Gasteiger partial charge in [-0.15, -0.1) is 0 Å². The molecule has 1 aromatic heterocycles. The molecular formula is C31H29F3N2O5. The van der Waals surface area contributed by atoms with Gasteiger partial charge in [0.1, 0.15) is 17.6 Å². The van der Waals surface area contributed by atoms with E-state index < -0.39 is 35.6 Å². The molecule has 7 nitrogen and oxygen atoms in total. The SMILES string of the molecule is COc1ccc2[nH]cc(C(CC(=O)CCC(=O)N[C@@H](Cc3ccccc3)C(=O)O)c3ccc(C(F)(F)F)cc3)c2c1. The molecule has 0 spiro atoms. The maximum absolute atomic E-state index is 13.2. The number of carbonyl (C=O) groups excluding carboxylic acids is 2. The monoisotopic (exact) mass is 566 g/mol. The van der Waals surface area contributed by atoms with Gasteiger partial charge in [-0.3, -0.25) is 9.59 Å². The number of carboxylic acid groups (broad SMARTS) is 1. The van der Waals surface area contributed by atoms with Crippen LogP contribution in [0.5, 0.6) is 5.75 Å². The van der Waals surface area contributed by atoms with E-state index in [-0.39, 0.29) is 31.5 Å². The predicted molar refractivity (Wildman–Crippen MR) is 147 cm³/mol. The molecule has 41 heavy (non-hydrogen) atoms. The average Bonchev–Trinajstić information content (AvgIpc) is 3.37. The zero-order valence-electron chi connectivity index (χ0n) is 22.2. The third-order valence-electron chi connectivity index (χ3n) is 6.92. The molecule has 0 bridgehead atoms. The van der Waals surface area contributed by atoms with E-state index in [9.17, 15) is 32.7 Å². The van der Waals surface area contributed by atoms with Crippen molar-refractivity contribution in [3.8, 4) is 5.75 Å². The fraction of sp³-hybridized carbons (Fsp3) is 0.258. The van der Waals surface area contributed by atoms with E-state index >= 15 is 0 Å². The predicted octanol–water partition coefficient (Wildman–Crippen LogP) is 5.88. The maximum Gasteiger partial charge on any atom is 0.416 e. The Balaban J connectivity index is 1.50. The zero-order chi connectivity index (χ0) is 29.6. The molecule has 0 fully saturated rings. The van der Waals surface area contributed by atoms with Crippen LogP contribution in [0.25, 0.3) is 10.9 Å². The van der Waals surface area contributed by atoms with Gasteiger partial charge >= 0.3 is 12.1 Å². The largest absolute Gasteiger partial charge is 0.497 e. The second-order valence-corrected chi connectivity index (χ2v) is 9.72. The molecule has 1 amide bonds. The van der Waals surface area contributed by atoms with Crippen molar-refractivity contribution in [3.05, 3.63) is 101 Å². The summed E-state index contributed by atoms with van der Waals surface area (Å²) in [6.07, 6.45) is -3.15. The number of ether oxygens (including phenoxy) is 1. The quantitative estimate of drug-likeness (QED) is 0.199. The number of halogens is 3. The first kappa shape index (κ1) is 29.4. The summed E-state index contributed by atoms with van der Waals surface area (Å²) >= 11 is 0. The number of hydrogen-bond donors (Lipinski definition) is 3. The van der Waals surface area contributed by atoms with E-state index in [0.717, 1.165) is 28.6 Å². The highest BCUT2D eigenvalue weighted by Gasteiger charge is 2.31. The molecule has 2 atom stereocenters. The van der Waals surface area contributed by atoms with E-state index in [0.29, 0.717) is 16.9 Å². The number of methoxy groups -OCH3 is 1. The van der Waals surface area contributed by atoms with Gasteiger partial charge in [-0.2, -0.15) is 13.2 Å². The molecule has 1 unspecified atom stereocenters. The van der Waals surface area contributed by atoms with Crippen LogP contribution in [0.3, 0.4) is 0 Å². The van der Waals surface area contributed by atoms with Crippen LogP contribution >= 0.6 is 0 Å². The Morgan fingerprint density at radius 3 is 2.32 bits per heavy atom. The lowest BCUT2D eigenvalue weighted by Crippen LogP contribution is -2.42. The van der Waals surface area contributed by atoms with Crippen molar-refractivity contribution in [1.29, 1.82) is 0 Å². The summed E-state index contributed by atoms with van der Waals surface area (Å²) in [5.41, 5.74) is 1.92. The zero-order valence-corrected chi connectivity index (χ0v) is 22.2. The number of fused-ring (bicyclic) bond motifs is 1. The van der Waals surface area contributed by atoms with Crippen LogP contribution in [0.2, 0.25) is 0 Å². The van der Waals surface area contributed by atoms with Gasteiger partial charge in [0, 0.05) is 48.7 Å². The minimum absolute atomic E-state index is 0.0742. The molecule has 0 saturated carbocycles. The van der Waals surface area contributed by atoms with Gasteiger partial charge < -0.3 is 20.1 Å². The second-order valence-electron chi connectivity index (χ2n) is 9.72. The number of aromatic amines is 1. The summed E-state index contributed by atoms with van der Waals surface area (Å²) in [5.74, 6) is -2.08. The fourth-order valence-electron chi connectivity index (χ4n) is 4.75. The lowest BCUT2D eigenvalue weighted by atomic mass is 9.85. The molecule has 214 valence electrons. The number of aliphatic carboxylic acids is 1. The number of hydrogen-bond acceptors (Lipinski definition) is 4. The Hall–Kier alpha value is -4.60. The summed E-state index contributed by atoms with van der Waals surface area (Å²) in [7, 11) is 1.52. The van der Waals surface area contributed by atoms with Gasteiger partial charge in [0.2, 0.25) is 5.91 Å². The Kier molecular flexibility index (Phi) is 9.11. The number of H-pyrrole nitrogens is 1. The van der Waals surface area contributed by atoms with Crippen molar-refractivity contribution < 1.29 is 37.4 Å². The Labute approximate surface area is 234 Å². The van der Waals surface area contributed by atoms with Gasteiger partial charge in [-0.05, 0) is 47.0 Å². The first-order chi connectivity index (χ1) is 19.5. The Bertz CT molecular complexity index is 1510. The second kappa shape index (κ2) is 12.7. The summed E-state index contributed by atoms with van der Waals surface area (Å²) in [6.45, 7) is 0. The van der Waals surface area contributed by atoms with Crippen LogP contribution in [0.4, 0.5) is 13.2 Å². The Morgan fingerprint density at radius 2 is 1.68 bits per heavy atom. The van der Waals surface area contributed by atoms with E-state index in [1.165, 1.54) is 19.2 Å². The van der Waals surface area contributed by atoms with Gasteiger partial charge in [-0.1, -0.05) is 42.5 Å². The van der Waals surface area contributed by atoms with Gasteiger partial charge in [0.15, 0.2) is 0 Å². The molecular weight excluding hydrogens is 537 g/mol. The molecule has 3 N–H and O–H groups in total. The van der Waals surface area contributed by atoms with Crippen LogP contribution in [0.15, 0.2) is 79.0 Å². The van der Waals surface area contributed by atoms with Crippen LogP contribution < -0.4 is 10.1 Å². The van der Waals surface area contributed by atoms with Crippen molar-refractivity contribution in [2.24, 2.45) is 0 Å². The number of carboxylic acids is 1. The molecule has 0 saturated heterocycles. The number of Topliss-reactive ketones (excluding diaryl/α,β-unsaturated/α-hetero) is 1. The minimum Gasteiger partial charge on any atom is -0.497 e. The first-order valence-corrected chi connectivity index (χ1v) is 12.9. The number of ketones is 1. The van der Waals surface area contributed by atoms with Crippen LogP contribution in [-0.4, -0.2) is 40.9 Å². The molecule has 10 heteroatoms. The van der Waals surface area contributed by atoms with E-state index in [2.05, 4.69) is 10.3 Å². The molecule has 1 heterocycles. The lowest BCUT2D eigenvalue weighted by molar-refractivity contribution is -0.141. The number of amides is 1. The van der Waals surface area contributed by atoms with E-state index in [4.69, 9.17) is 4.74 Å². The average molecular weight is 567 g/mol. The van der Waals surface area contributed by atoms with Crippen LogP contribution in [-0.2, 0) is 27.0 Å². The van der Waals surface area contributed by atoms with Gasteiger partial charge in [-0.25, -0.2) is 4.79 Å². The van der Waals surface area contributed by atoms with Crippen molar-refractivity contribution in [3.63, 3.8) is 0 Å². The van der Waals surface area contributed by atoms with Crippen molar-refractivity contribution in [1.82, 2.24) is 10.3 Å². The number of carbonyl (C=O) groups is 3. The molecule has 4 aromatic rings. The maximum atomic E-state index is 13.2. The summed E-state index contributed by atoms with van der Waals surface area (Å²) < 4.78 is 44.9. The summed E-state index contributed by atoms with van der Waals surface area (Å²) in [4.78, 5) is 40.5. The Morgan fingerprint density at radius 1 is 0.976 bits per heavy atom. The van der Waals surface area contributed by atoms with Crippen LogP contribution in [0, 0.1) is 0 Å². The van der Waals surface area contributed by atoms with E-state index in [1.807, 2.05) is 6.07 Å². The summed E-state index contributed by atoms with van der Waals surface area (Å²) in [6, 6.07) is 17.7. The number of benzene rings is 3. The van der Waals surface area contributed by atoms with Crippen LogP contribution in [0.1, 0.15) is 47.4 Å². The molecule has 0 aliphatic heterocycles. The number of alkyl halides is 3. The van der Waals surface area contributed by atoms with Gasteiger partial charge in [0.25, 0.3) is 0 Å². The number of rotatable bonds is 12. The molecule has 0 aliphatic carbocycles. The highest BCUT2D eigenvalue weighted by Crippen LogP contribution is 2.37. The van der Waals surface area contributed by atoms with Crippen molar-refractivity contribution >= 4 is 28.6 Å².